The second-order valence-electron chi connectivity index (χ2n) is 4.06. The number of hydrogen-bond donors (Lipinski definition) is 1. The maximum Gasteiger partial charge on any atom is 0.416 e. The van der Waals surface area contributed by atoms with Crippen molar-refractivity contribution in [3.05, 3.63) is 47.5 Å². The van der Waals surface area contributed by atoms with Crippen LogP contribution in [-0.4, -0.2) is 9.78 Å². The molecule has 19 heavy (non-hydrogen) atoms. The number of aryl methyl sites for hydroxylation is 1. The largest absolute Gasteiger partial charge is 0.416 e. The Bertz CT molecular complexity index is 575. The van der Waals surface area contributed by atoms with E-state index in [0.29, 0.717) is 11.8 Å². The van der Waals surface area contributed by atoms with Crippen LogP contribution < -0.4 is 5.32 Å². The quantitative estimate of drug-likeness (QED) is 0.870. The van der Waals surface area contributed by atoms with Crippen LogP contribution in [0.15, 0.2) is 30.6 Å². The SMILES string of the molecule is Cn1cc(NCc2ccc(F)cc2C(F)(F)F)cn1. The molecule has 0 aliphatic carbocycles. The molecule has 1 aromatic heterocycles. The highest BCUT2D eigenvalue weighted by molar-refractivity contribution is 5.41. The van der Waals surface area contributed by atoms with E-state index in [4.69, 9.17) is 0 Å². The van der Waals surface area contributed by atoms with E-state index in [1.54, 1.807) is 13.2 Å². The summed E-state index contributed by atoms with van der Waals surface area (Å²) in [6.45, 7) is -0.0547. The smallest absolute Gasteiger partial charge is 0.378 e. The van der Waals surface area contributed by atoms with Crippen molar-refractivity contribution in [1.29, 1.82) is 0 Å². The van der Waals surface area contributed by atoms with Gasteiger partial charge in [0.2, 0.25) is 0 Å². The summed E-state index contributed by atoms with van der Waals surface area (Å²) in [6.07, 6.45) is -1.44. The Morgan fingerprint density at radius 2 is 2.05 bits per heavy atom. The number of nitrogens with one attached hydrogen (secondary N) is 1. The second-order valence-corrected chi connectivity index (χ2v) is 4.06. The molecule has 0 amide bonds. The molecule has 2 aromatic rings. The van der Waals surface area contributed by atoms with Gasteiger partial charge in [0, 0.05) is 19.8 Å². The third-order valence-electron chi connectivity index (χ3n) is 2.57. The lowest BCUT2D eigenvalue weighted by molar-refractivity contribution is -0.138. The number of rotatable bonds is 3. The molecule has 7 heteroatoms. The van der Waals surface area contributed by atoms with Gasteiger partial charge in [0.15, 0.2) is 0 Å². The predicted octanol–water partition coefficient (Wildman–Crippen LogP) is 3.19. The molecular formula is C12H11F4N3. The summed E-state index contributed by atoms with van der Waals surface area (Å²) in [7, 11) is 1.70. The van der Waals surface area contributed by atoms with E-state index < -0.39 is 17.6 Å². The van der Waals surface area contributed by atoms with Gasteiger partial charge in [-0.2, -0.15) is 18.3 Å². The summed E-state index contributed by atoms with van der Waals surface area (Å²) in [5, 5.41) is 6.69. The topological polar surface area (TPSA) is 29.9 Å². The molecule has 0 fully saturated rings. The number of nitrogens with zero attached hydrogens (tertiary/aromatic N) is 2. The van der Waals surface area contributed by atoms with Gasteiger partial charge in [0.05, 0.1) is 17.4 Å². The Labute approximate surface area is 106 Å². The van der Waals surface area contributed by atoms with Gasteiger partial charge in [-0.05, 0) is 17.7 Å². The number of halogens is 4. The number of anilines is 1. The van der Waals surface area contributed by atoms with Crippen LogP contribution >= 0.6 is 0 Å². The summed E-state index contributed by atoms with van der Waals surface area (Å²) in [4.78, 5) is 0. The standard InChI is InChI=1S/C12H11F4N3/c1-19-7-10(6-18-19)17-5-8-2-3-9(13)4-11(8)12(14,15)16/h2-4,6-7,17H,5H2,1H3. The number of benzene rings is 1. The average molecular weight is 273 g/mol. The molecule has 0 saturated carbocycles. The lowest BCUT2D eigenvalue weighted by Crippen LogP contribution is -2.12. The van der Waals surface area contributed by atoms with Crippen LogP contribution in [0.1, 0.15) is 11.1 Å². The van der Waals surface area contributed by atoms with E-state index in [1.165, 1.54) is 10.9 Å². The Morgan fingerprint density at radius 3 is 2.63 bits per heavy atom. The molecule has 0 aliphatic heterocycles. The molecule has 3 nitrogen and oxygen atoms in total. The van der Waals surface area contributed by atoms with E-state index in [2.05, 4.69) is 10.4 Å². The molecule has 1 N–H and O–H groups in total. The summed E-state index contributed by atoms with van der Waals surface area (Å²) in [5.74, 6) is -0.905. The van der Waals surface area contributed by atoms with Crippen molar-refractivity contribution >= 4 is 5.69 Å². The van der Waals surface area contributed by atoms with Crippen LogP contribution in [0.2, 0.25) is 0 Å². The first-order chi connectivity index (χ1) is 8.86. The number of hydrogen-bond acceptors (Lipinski definition) is 2. The monoisotopic (exact) mass is 273 g/mol. The van der Waals surface area contributed by atoms with Crippen molar-refractivity contribution in [2.24, 2.45) is 7.05 Å². The van der Waals surface area contributed by atoms with Gasteiger partial charge >= 0.3 is 6.18 Å². The second kappa shape index (κ2) is 4.91. The minimum Gasteiger partial charge on any atom is -0.378 e. The Hall–Kier alpha value is -2.05. The molecule has 1 heterocycles. The summed E-state index contributed by atoms with van der Waals surface area (Å²) < 4.78 is 52.7. The average Bonchev–Trinajstić information content (AvgIpc) is 2.72. The van der Waals surface area contributed by atoms with Crippen molar-refractivity contribution in [3.8, 4) is 0 Å². The van der Waals surface area contributed by atoms with Crippen molar-refractivity contribution < 1.29 is 17.6 Å². The van der Waals surface area contributed by atoms with Gasteiger partial charge in [0.25, 0.3) is 0 Å². The highest BCUT2D eigenvalue weighted by Crippen LogP contribution is 2.32. The molecule has 0 bridgehead atoms. The van der Waals surface area contributed by atoms with Crippen LogP contribution in [0, 0.1) is 5.82 Å². The van der Waals surface area contributed by atoms with Gasteiger partial charge in [-0.15, -0.1) is 0 Å². The van der Waals surface area contributed by atoms with Crippen LogP contribution in [0.4, 0.5) is 23.2 Å². The zero-order chi connectivity index (χ0) is 14.0. The van der Waals surface area contributed by atoms with Crippen molar-refractivity contribution in [1.82, 2.24) is 9.78 Å². The third kappa shape index (κ3) is 3.24. The first-order valence-corrected chi connectivity index (χ1v) is 5.44. The first-order valence-electron chi connectivity index (χ1n) is 5.44. The van der Waals surface area contributed by atoms with Crippen LogP contribution in [0.25, 0.3) is 0 Å². The van der Waals surface area contributed by atoms with Gasteiger partial charge in [-0.3, -0.25) is 4.68 Å². The first kappa shape index (κ1) is 13.4. The third-order valence-corrected chi connectivity index (χ3v) is 2.57. The maximum absolute atomic E-state index is 12.9. The molecule has 1 aromatic carbocycles. The zero-order valence-electron chi connectivity index (χ0n) is 10.0. The fraction of sp³-hybridized carbons (Fsp3) is 0.250. The lowest BCUT2D eigenvalue weighted by atomic mass is 10.1. The molecule has 0 unspecified atom stereocenters. The normalized spacial score (nSPS) is 11.6. The van der Waals surface area contributed by atoms with Crippen LogP contribution in [0.5, 0.6) is 0 Å². The lowest BCUT2D eigenvalue weighted by Gasteiger charge is -2.13. The van der Waals surface area contributed by atoms with Gasteiger partial charge in [0.1, 0.15) is 5.82 Å². The van der Waals surface area contributed by atoms with Crippen molar-refractivity contribution in [2.75, 3.05) is 5.32 Å². The fourth-order valence-electron chi connectivity index (χ4n) is 1.68. The Kier molecular flexibility index (Phi) is 3.46. The highest BCUT2D eigenvalue weighted by Gasteiger charge is 2.33. The number of alkyl halides is 3. The Balaban J connectivity index is 2.20. The van der Waals surface area contributed by atoms with Crippen molar-refractivity contribution in [3.63, 3.8) is 0 Å². The highest BCUT2D eigenvalue weighted by atomic mass is 19.4. The molecular weight excluding hydrogens is 262 g/mol. The van der Waals surface area contributed by atoms with Crippen molar-refractivity contribution in [2.45, 2.75) is 12.7 Å². The minimum atomic E-state index is -4.58. The van der Waals surface area contributed by atoms with Crippen LogP contribution in [0.3, 0.4) is 0 Å². The van der Waals surface area contributed by atoms with Crippen LogP contribution in [-0.2, 0) is 19.8 Å². The molecule has 0 spiro atoms. The number of aromatic nitrogens is 2. The Morgan fingerprint density at radius 1 is 1.32 bits per heavy atom. The summed E-state index contributed by atoms with van der Waals surface area (Å²) in [5.41, 5.74) is -0.387. The van der Waals surface area contributed by atoms with E-state index in [-0.39, 0.29) is 12.1 Å². The van der Waals surface area contributed by atoms with Gasteiger partial charge in [-0.1, -0.05) is 6.07 Å². The molecule has 0 radical (unpaired) electrons. The molecule has 0 saturated heterocycles. The van der Waals surface area contributed by atoms with E-state index in [0.717, 1.165) is 12.1 Å². The molecule has 0 atom stereocenters. The molecule has 102 valence electrons. The van der Waals surface area contributed by atoms with E-state index >= 15 is 0 Å². The maximum atomic E-state index is 12.9. The molecule has 0 aliphatic rings. The van der Waals surface area contributed by atoms with Gasteiger partial charge in [-0.25, -0.2) is 4.39 Å². The fourth-order valence-corrected chi connectivity index (χ4v) is 1.68. The predicted molar refractivity (Wildman–Crippen MR) is 61.9 cm³/mol. The summed E-state index contributed by atoms with van der Waals surface area (Å²) in [6, 6.07) is 2.64. The summed E-state index contributed by atoms with van der Waals surface area (Å²) >= 11 is 0. The minimum absolute atomic E-state index is 0.0160. The van der Waals surface area contributed by atoms with E-state index in [9.17, 15) is 17.6 Å². The van der Waals surface area contributed by atoms with E-state index in [1.807, 2.05) is 0 Å². The zero-order valence-corrected chi connectivity index (χ0v) is 10.0. The molecule has 2 rings (SSSR count). The van der Waals surface area contributed by atoms with Gasteiger partial charge < -0.3 is 5.32 Å².